The Morgan fingerprint density at radius 1 is 1.33 bits per heavy atom. The fraction of sp³-hybridized carbons (Fsp3) is 0. The Balaban J connectivity index is 2.11. The Morgan fingerprint density at radius 3 is 2.67 bits per heavy atom. The van der Waals surface area contributed by atoms with Gasteiger partial charge in [-0.05, 0) is 28.1 Å². The Kier molecular flexibility index (Phi) is 2.82. The van der Waals surface area contributed by atoms with E-state index in [0.717, 1.165) is 5.69 Å². The summed E-state index contributed by atoms with van der Waals surface area (Å²) < 4.78 is 5.29. The van der Waals surface area contributed by atoms with Gasteiger partial charge in [-0.15, -0.1) is 0 Å². The molecule has 0 radical (unpaired) electrons. The van der Waals surface area contributed by atoms with E-state index in [0.29, 0.717) is 4.60 Å². The van der Waals surface area contributed by atoms with Crippen LogP contribution in [0.2, 0.25) is 0 Å². The van der Waals surface area contributed by atoms with Gasteiger partial charge in [0.2, 0.25) is 5.76 Å². The van der Waals surface area contributed by atoms with Crippen LogP contribution in [0, 0.1) is 0 Å². The SMILES string of the molecule is O=C(Nc1ccccc1)c1cc(Br)no1. The molecule has 0 saturated heterocycles. The van der Waals surface area contributed by atoms with E-state index in [9.17, 15) is 4.79 Å². The van der Waals surface area contributed by atoms with Crippen LogP contribution >= 0.6 is 15.9 Å². The van der Waals surface area contributed by atoms with E-state index in [4.69, 9.17) is 4.52 Å². The minimum absolute atomic E-state index is 0.172. The lowest BCUT2D eigenvalue weighted by atomic mass is 10.3. The van der Waals surface area contributed by atoms with Gasteiger partial charge < -0.3 is 9.84 Å². The van der Waals surface area contributed by atoms with Gasteiger partial charge in [-0.1, -0.05) is 23.4 Å². The molecule has 0 aliphatic carbocycles. The van der Waals surface area contributed by atoms with Crippen LogP contribution in [0.25, 0.3) is 0 Å². The lowest BCUT2D eigenvalue weighted by Gasteiger charge is -2.00. The van der Waals surface area contributed by atoms with Crippen LogP contribution in [0.15, 0.2) is 45.5 Å². The van der Waals surface area contributed by atoms with Crippen molar-refractivity contribution < 1.29 is 9.32 Å². The number of aromatic nitrogens is 1. The summed E-state index contributed by atoms with van der Waals surface area (Å²) in [6.45, 7) is 0. The first-order valence-corrected chi connectivity index (χ1v) is 5.03. The molecular weight excluding hydrogens is 260 g/mol. The number of rotatable bonds is 2. The Bertz CT molecular complexity index is 467. The molecule has 0 atom stereocenters. The molecule has 5 heteroatoms. The highest BCUT2D eigenvalue weighted by Gasteiger charge is 2.11. The third-order valence-corrected chi connectivity index (χ3v) is 2.11. The predicted molar refractivity (Wildman–Crippen MR) is 58.6 cm³/mol. The van der Waals surface area contributed by atoms with Gasteiger partial charge in [0.25, 0.3) is 5.91 Å². The fourth-order valence-corrected chi connectivity index (χ4v) is 1.36. The van der Waals surface area contributed by atoms with Gasteiger partial charge in [0.05, 0.1) is 0 Å². The van der Waals surface area contributed by atoms with Crippen LogP contribution < -0.4 is 5.32 Å². The van der Waals surface area contributed by atoms with E-state index in [1.807, 2.05) is 18.2 Å². The molecule has 2 aromatic rings. The van der Waals surface area contributed by atoms with E-state index < -0.39 is 0 Å². The summed E-state index contributed by atoms with van der Waals surface area (Å²) in [7, 11) is 0. The van der Waals surface area contributed by atoms with E-state index in [1.165, 1.54) is 6.07 Å². The Morgan fingerprint density at radius 2 is 2.07 bits per heavy atom. The molecule has 15 heavy (non-hydrogen) atoms. The molecule has 0 aliphatic heterocycles. The highest BCUT2D eigenvalue weighted by atomic mass is 79.9. The minimum Gasteiger partial charge on any atom is -0.350 e. The third kappa shape index (κ3) is 2.44. The molecule has 4 nitrogen and oxygen atoms in total. The molecule has 76 valence electrons. The van der Waals surface area contributed by atoms with Gasteiger partial charge in [-0.25, -0.2) is 0 Å². The first-order valence-electron chi connectivity index (χ1n) is 4.24. The molecule has 1 aromatic heterocycles. The zero-order valence-electron chi connectivity index (χ0n) is 7.61. The van der Waals surface area contributed by atoms with Gasteiger partial charge in [0.15, 0.2) is 0 Å². The molecule has 0 bridgehead atoms. The average Bonchev–Trinajstić information content (AvgIpc) is 2.66. The third-order valence-electron chi connectivity index (χ3n) is 1.74. The number of anilines is 1. The number of hydrogen-bond acceptors (Lipinski definition) is 3. The number of nitrogens with zero attached hydrogens (tertiary/aromatic N) is 1. The predicted octanol–water partition coefficient (Wildman–Crippen LogP) is 2.69. The quantitative estimate of drug-likeness (QED) is 0.910. The van der Waals surface area contributed by atoms with Crippen molar-refractivity contribution in [1.29, 1.82) is 0 Å². The molecule has 1 aromatic carbocycles. The molecule has 1 N–H and O–H groups in total. The largest absolute Gasteiger partial charge is 0.350 e. The highest BCUT2D eigenvalue weighted by molar-refractivity contribution is 9.10. The van der Waals surface area contributed by atoms with E-state index >= 15 is 0 Å². The van der Waals surface area contributed by atoms with Gasteiger partial charge in [-0.3, -0.25) is 4.79 Å². The summed E-state index contributed by atoms with van der Waals surface area (Å²) in [6, 6.07) is 10.7. The summed E-state index contributed by atoms with van der Waals surface area (Å²) in [4.78, 5) is 11.6. The highest BCUT2D eigenvalue weighted by Crippen LogP contribution is 2.12. The topological polar surface area (TPSA) is 55.1 Å². The number of amides is 1. The normalized spacial score (nSPS) is 9.93. The van der Waals surface area contributed by atoms with E-state index in [1.54, 1.807) is 12.1 Å². The molecule has 0 unspecified atom stereocenters. The van der Waals surface area contributed by atoms with Crippen LogP contribution in [0.5, 0.6) is 0 Å². The van der Waals surface area contributed by atoms with Crippen molar-refractivity contribution in [3.63, 3.8) is 0 Å². The smallest absolute Gasteiger partial charge is 0.294 e. The van der Waals surface area contributed by atoms with Crippen LogP contribution in [0.3, 0.4) is 0 Å². The van der Waals surface area contributed by atoms with Gasteiger partial charge >= 0.3 is 0 Å². The average molecular weight is 267 g/mol. The second-order valence-corrected chi connectivity index (χ2v) is 3.65. The van der Waals surface area contributed by atoms with Crippen molar-refractivity contribution in [3.8, 4) is 0 Å². The standard InChI is InChI=1S/C10H7BrN2O2/c11-9-6-8(15-13-9)10(14)12-7-4-2-1-3-5-7/h1-6H,(H,12,14). The Labute approximate surface area is 94.4 Å². The molecular formula is C10H7BrN2O2. The summed E-state index contributed by atoms with van der Waals surface area (Å²) in [5.74, 6) is -0.148. The maximum Gasteiger partial charge on any atom is 0.294 e. The molecule has 1 heterocycles. The molecule has 0 saturated carbocycles. The van der Waals surface area contributed by atoms with Gasteiger partial charge in [0.1, 0.15) is 4.60 Å². The van der Waals surface area contributed by atoms with Crippen LogP contribution in [0.4, 0.5) is 5.69 Å². The molecule has 0 fully saturated rings. The monoisotopic (exact) mass is 266 g/mol. The zero-order chi connectivity index (χ0) is 10.7. The second kappa shape index (κ2) is 4.27. The number of carbonyl (C=O) groups excluding carboxylic acids is 1. The van der Waals surface area contributed by atoms with E-state index in [-0.39, 0.29) is 11.7 Å². The maximum atomic E-state index is 11.6. The summed E-state index contributed by atoms with van der Waals surface area (Å²) in [5, 5.41) is 6.24. The van der Waals surface area contributed by atoms with Crippen LogP contribution in [-0.2, 0) is 0 Å². The van der Waals surface area contributed by atoms with Gasteiger partial charge in [-0.2, -0.15) is 0 Å². The van der Waals surface area contributed by atoms with Crippen molar-refractivity contribution >= 4 is 27.5 Å². The Hall–Kier alpha value is -1.62. The first kappa shape index (κ1) is 9.92. The molecule has 2 rings (SSSR count). The number of benzene rings is 1. The van der Waals surface area contributed by atoms with Crippen molar-refractivity contribution in [1.82, 2.24) is 5.16 Å². The number of hydrogen-bond donors (Lipinski definition) is 1. The summed E-state index contributed by atoms with van der Waals surface area (Å²) in [5.41, 5.74) is 0.718. The lowest BCUT2D eigenvalue weighted by molar-refractivity contribution is 0.0988. The summed E-state index contributed by atoms with van der Waals surface area (Å²) >= 11 is 3.10. The lowest BCUT2D eigenvalue weighted by Crippen LogP contribution is -2.10. The van der Waals surface area contributed by atoms with Crippen molar-refractivity contribution in [2.75, 3.05) is 5.32 Å². The zero-order valence-corrected chi connectivity index (χ0v) is 9.19. The fourth-order valence-electron chi connectivity index (χ4n) is 1.07. The minimum atomic E-state index is -0.320. The van der Waals surface area contributed by atoms with E-state index in [2.05, 4.69) is 26.4 Å². The van der Waals surface area contributed by atoms with Crippen molar-refractivity contribution in [2.45, 2.75) is 0 Å². The first-order chi connectivity index (χ1) is 7.25. The number of halogens is 1. The number of nitrogens with one attached hydrogen (secondary N) is 1. The molecule has 0 aliphatic rings. The van der Waals surface area contributed by atoms with Crippen molar-refractivity contribution in [2.24, 2.45) is 0 Å². The van der Waals surface area contributed by atoms with Gasteiger partial charge in [0, 0.05) is 11.8 Å². The number of carbonyl (C=O) groups is 1. The second-order valence-electron chi connectivity index (χ2n) is 2.83. The molecule has 1 amide bonds. The molecule has 0 spiro atoms. The number of para-hydroxylation sites is 1. The van der Waals surface area contributed by atoms with Crippen LogP contribution in [-0.4, -0.2) is 11.1 Å². The van der Waals surface area contributed by atoms with Crippen LogP contribution in [0.1, 0.15) is 10.6 Å². The summed E-state index contributed by atoms with van der Waals surface area (Å²) in [6.07, 6.45) is 0. The maximum absolute atomic E-state index is 11.6. The van der Waals surface area contributed by atoms with Crippen molar-refractivity contribution in [3.05, 3.63) is 46.8 Å².